The van der Waals surface area contributed by atoms with Crippen molar-refractivity contribution in [1.29, 1.82) is 0 Å². The summed E-state index contributed by atoms with van der Waals surface area (Å²) in [5.74, 6) is -3.00. The first kappa shape index (κ1) is 41.9. The minimum atomic E-state index is -1.18. The van der Waals surface area contributed by atoms with Gasteiger partial charge in [-0.25, -0.2) is 14.4 Å². The molecule has 1 aliphatic carbocycles. The Morgan fingerprint density at radius 1 is 0.892 bits per heavy atom. The lowest BCUT2D eigenvalue weighted by Gasteiger charge is -2.36. The van der Waals surface area contributed by atoms with Crippen LogP contribution in [0.15, 0.2) is 65.8 Å². The van der Waals surface area contributed by atoms with Gasteiger partial charge >= 0.3 is 0 Å². The Hall–Kier alpha value is -7.05. The Bertz CT molecular complexity index is 2920. The molecule has 10 rings (SSSR count). The first-order valence-electron chi connectivity index (χ1n) is 21.8. The molecule has 5 amide bonds. The van der Waals surface area contributed by atoms with Gasteiger partial charge in [-0.1, -0.05) is 19.9 Å². The Labute approximate surface area is 372 Å². The molecule has 1 atom stereocenters. The van der Waals surface area contributed by atoms with Gasteiger partial charge in [-0.3, -0.25) is 48.8 Å². The number of aryl methyl sites for hydroxylation is 1. The van der Waals surface area contributed by atoms with Gasteiger partial charge in [0.25, 0.3) is 23.3 Å². The van der Waals surface area contributed by atoms with Crippen LogP contribution in [0.1, 0.15) is 80.3 Å². The van der Waals surface area contributed by atoms with Crippen molar-refractivity contribution < 1.29 is 33.5 Å². The maximum atomic E-state index is 15.9. The maximum Gasteiger partial charge on any atom is 0.276 e. The molecule has 4 aromatic heterocycles. The van der Waals surface area contributed by atoms with E-state index in [9.17, 15) is 33.9 Å². The second kappa shape index (κ2) is 15.9. The fraction of sp³-hybridized carbons (Fsp3) is 0.362. The van der Waals surface area contributed by atoms with Crippen LogP contribution in [0.3, 0.4) is 0 Å². The molecule has 1 aromatic carbocycles. The van der Waals surface area contributed by atoms with Gasteiger partial charge in [-0.2, -0.15) is 0 Å². The van der Waals surface area contributed by atoms with E-state index >= 15 is 4.39 Å². The molecular weight excluding hydrogens is 836 g/mol. The molecule has 2 fully saturated rings. The minimum absolute atomic E-state index is 0.0142. The van der Waals surface area contributed by atoms with Crippen LogP contribution >= 0.6 is 0 Å². The normalized spacial score (nSPS) is 19.4. The number of hydrogen-bond acceptors (Lipinski definition) is 12. The monoisotopic (exact) mass is 882 g/mol. The lowest BCUT2D eigenvalue weighted by molar-refractivity contribution is -0.136. The number of amides is 5. The predicted molar refractivity (Wildman–Crippen MR) is 236 cm³/mol. The number of carbonyl (C=O) groups excluding carboxylic acids is 5. The SMILES string of the molecule is Cn1cc(-c2ccnc(N3CCn4c(cc5c4CC(C)(C)C5)C3=O)c2CO)cc(Nc2ccc(N3CCN(Cc4ccc5c(c4F)C(=O)N(C4CCC(=O)NC4=O)C5=O)CC3)cn2)c1=O. The smallest absolute Gasteiger partial charge is 0.276 e. The van der Waals surface area contributed by atoms with Crippen LogP contribution in [0.2, 0.25) is 0 Å². The predicted octanol–water partition coefficient (Wildman–Crippen LogP) is 3.53. The summed E-state index contributed by atoms with van der Waals surface area (Å²) in [5, 5.41) is 16.1. The Morgan fingerprint density at radius 2 is 1.69 bits per heavy atom. The second-order valence-corrected chi connectivity index (χ2v) is 18.2. The molecule has 4 aliphatic heterocycles. The molecule has 65 heavy (non-hydrogen) atoms. The lowest BCUT2D eigenvalue weighted by atomic mass is 9.90. The summed E-state index contributed by atoms with van der Waals surface area (Å²) in [4.78, 5) is 93.7. The van der Waals surface area contributed by atoms with Gasteiger partial charge in [-0.15, -0.1) is 0 Å². The van der Waals surface area contributed by atoms with Gasteiger partial charge < -0.3 is 24.5 Å². The van der Waals surface area contributed by atoms with E-state index < -0.39 is 35.5 Å². The van der Waals surface area contributed by atoms with Crippen molar-refractivity contribution in [1.82, 2.24) is 34.2 Å². The molecule has 3 N–H and O–H groups in total. The number of halogens is 1. The lowest BCUT2D eigenvalue weighted by Crippen LogP contribution is -2.54. The van der Waals surface area contributed by atoms with Crippen LogP contribution < -0.4 is 26.0 Å². The third-order valence-corrected chi connectivity index (χ3v) is 13.3. The molecule has 8 heterocycles. The zero-order valence-electron chi connectivity index (χ0n) is 36.2. The van der Waals surface area contributed by atoms with Gasteiger partial charge in [0.15, 0.2) is 0 Å². The number of benzene rings is 1. The number of imide groups is 2. The number of rotatable bonds is 9. The zero-order valence-corrected chi connectivity index (χ0v) is 36.2. The van der Waals surface area contributed by atoms with Gasteiger partial charge in [0, 0.05) is 94.1 Å². The summed E-state index contributed by atoms with van der Waals surface area (Å²) in [6.45, 7) is 7.68. The van der Waals surface area contributed by atoms with E-state index in [1.54, 1.807) is 48.7 Å². The summed E-state index contributed by atoms with van der Waals surface area (Å²) >= 11 is 0. The van der Waals surface area contributed by atoms with E-state index in [1.807, 2.05) is 12.1 Å². The van der Waals surface area contributed by atoms with Crippen LogP contribution in [0.25, 0.3) is 11.1 Å². The van der Waals surface area contributed by atoms with Crippen molar-refractivity contribution in [3.8, 4) is 11.1 Å². The molecule has 0 bridgehead atoms. The molecule has 2 saturated heterocycles. The summed E-state index contributed by atoms with van der Waals surface area (Å²) in [7, 11) is 1.65. The third-order valence-electron chi connectivity index (χ3n) is 13.3. The number of aliphatic hydroxyl groups is 1. The molecule has 334 valence electrons. The molecule has 0 radical (unpaired) electrons. The van der Waals surface area contributed by atoms with Gasteiger partial charge in [0.1, 0.15) is 34.9 Å². The number of hydrogen-bond donors (Lipinski definition) is 3. The van der Waals surface area contributed by atoms with Crippen molar-refractivity contribution in [2.24, 2.45) is 12.5 Å². The van der Waals surface area contributed by atoms with Crippen molar-refractivity contribution in [3.63, 3.8) is 0 Å². The number of anilines is 4. The first-order chi connectivity index (χ1) is 31.2. The first-order valence-corrected chi connectivity index (χ1v) is 21.8. The summed E-state index contributed by atoms with van der Waals surface area (Å²) < 4.78 is 19.5. The largest absolute Gasteiger partial charge is 0.392 e. The number of piperidine rings is 1. The fourth-order valence-corrected chi connectivity index (χ4v) is 10.1. The minimum Gasteiger partial charge on any atom is -0.392 e. The second-order valence-electron chi connectivity index (χ2n) is 18.2. The highest BCUT2D eigenvalue weighted by Crippen LogP contribution is 2.40. The van der Waals surface area contributed by atoms with E-state index in [2.05, 4.69) is 48.8 Å². The van der Waals surface area contributed by atoms with E-state index in [-0.39, 0.29) is 65.3 Å². The number of carbonyl (C=O) groups is 5. The number of nitrogens with one attached hydrogen (secondary N) is 2. The number of aliphatic hydroxyl groups excluding tert-OH is 1. The van der Waals surface area contributed by atoms with Gasteiger partial charge in [0.2, 0.25) is 11.8 Å². The fourth-order valence-electron chi connectivity index (χ4n) is 10.1. The van der Waals surface area contributed by atoms with Crippen molar-refractivity contribution in [2.75, 3.05) is 47.8 Å². The van der Waals surface area contributed by atoms with Gasteiger partial charge in [0.05, 0.1) is 29.6 Å². The standard InChI is InChI=1S/C47H47FN10O7/c1-47(2)20-27-19-35-45(64)57(17-16-56(35)36(27)21-47)41-32(25-59)30(10-11-49-41)28-18-33(44(63)53(3)23-28)51-37-8-5-29(22-50-37)55-14-12-54(13-15-55)24-26-4-6-31-39(40(26)48)46(65)58(43(31)62)34-7-9-38(60)52-42(34)61/h4-6,8,10-11,18-19,22-23,34,59H,7,9,12-17,20-21,24-25H2,1-3H3,(H,50,51)(H,52,60,61). The van der Waals surface area contributed by atoms with E-state index in [0.29, 0.717) is 73.3 Å². The Balaban J connectivity index is 0.798. The van der Waals surface area contributed by atoms with Crippen LogP contribution in [0.5, 0.6) is 0 Å². The van der Waals surface area contributed by atoms with Crippen molar-refractivity contribution >= 4 is 52.5 Å². The maximum absolute atomic E-state index is 15.9. The molecule has 5 aromatic rings. The van der Waals surface area contributed by atoms with Crippen LogP contribution in [0.4, 0.5) is 27.4 Å². The summed E-state index contributed by atoms with van der Waals surface area (Å²) in [6, 6.07) is 10.9. The van der Waals surface area contributed by atoms with Crippen molar-refractivity contribution in [3.05, 3.63) is 116 Å². The van der Waals surface area contributed by atoms with Crippen molar-refractivity contribution in [2.45, 2.75) is 65.3 Å². The Kier molecular flexibility index (Phi) is 10.2. The molecule has 5 aliphatic rings. The average molecular weight is 883 g/mol. The molecule has 1 unspecified atom stereocenters. The highest BCUT2D eigenvalue weighted by molar-refractivity contribution is 6.23. The van der Waals surface area contributed by atoms with E-state index in [0.717, 1.165) is 23.4 Å². The molecule has 0 spiro atoms. The number of nitrogens with zero attached hydrogens (tertiary/aromatic N) is 8. The average Bonchev–Trinajstić information content (AvgIpc) is 3.87. The molecule has 0 saturated carbocycles. The number of aromatic nitrogens is 4. The summed E-state index contributed by atoms with van der Waals surface area (Å²) in [5.41, 5.74) is 5.62. The summed E-state index contributed by atoms with van der Waals surface area (Å²) in [6.07, 6.45) is 6.82. The quantitative estimate of drug-likeness (QED) is 0.183. The van der Waals surface area contributed by atoms with Gasteiger partial charge in [-0.05, 0) is 72.2 Å². The molecular formula is C47H47FN10O7. The number of piperazine rings is 1. The number of fused-ring (bicyclic) bond motifs is 4. The van der Waals surface area contributed by atoms with Crippen LogP contribution in [-0.4, -0.2) is 102 Å². The number of pyridine rings is 3. The highest BCUT2D eigenvalue weighted by atomic mass is 19.1. The topological polar surface area (TPSA) is 195 Å². The molecule has 17 nitrogen and oxygen atoms in total. The van der Waals surface area contributed by atoms with E-state index in [1.165, 1.54) is 28.0 Å². The van der Waals surface area contributed by atoms with E-state index in [4.69, 9.17) is 0 Å². The zero-order chi connectivity index (χ0) is 45.5. The highest BCUT2D eigenvalue weighted by Gasteiger charge is 2.46. The Morgan fingerprint density at radius 3 is 2.43 bits per heavy atom. The molecule has 18 heteroatoms. The third kappa shape index (κ3) is 7.26. The van der Waals surface area contributed by atoms with Crippen LogP contribution in [0, 0.1) is 11.2 Å². The van der Waals surface area contributed by atoms with Crippen LogP contribution in [-0.2, 0) is 49.2 Å².